The molecule has 0 bridgehead atoms. The van der Waals surface area contributed by atoms with E-state index in [1.54, 1.807) is 0 Å². The van der Waals surface area contributed by atoms with Gasteiger partial charge in [0.05, 0.1) is 5.41 Å². The van der Waals surface area contributed by atoms with Crippen molar-refractivity contribution in [1.29, 1.82) is 0 Å². The smallest absolute Gasteiger partial charge is 0.303 e. The first-order valence-electron chi connectivity index (χ1n) is 6.72. The Morgan fingerprint density at radius 2 is 2.11 bits per heavy atom. The van der Waals surface area contributed by atoms with Crippen LogP contribution in [0.15, 0.2) is 0 Å². The van der Waals surface area contributed by atoms with Crippen molar-refractivity contribution < 1.29 is 14.7 Å². The van der Waals surface area contributed by atoms with Gasteiger partial charge < -0.3 is 16.2 Å². The summed E-state index contributed by atoms with van der Waals surface area (Å²) in [6.45, 7) is 2.55. The Balaban J connectivity index is 2.15. The average Bonchev–Trinajstić information content (AvgIpc) is 2.65. The van der Waals surface area contributed by atoms with Crippen molar-refractivity contribution >= 4 is 11.9 Å². The molecule has 0 aromatic rings. The van der Waals surface area contributed by atoms with E-state index < -0.39 is 11.4 Å². The zero-order valence-electron chi connectivity index (χ0n) is 11.1. The largest absolute Gasteiger partial charge is 0.481 e. The molecular formula is C13H24N2O3. The van der Waals surface area contributed by atoms with Crippen LogP contribution < -0.4 is 11.1 Å². The summed E-state index contributed by atoms with van der Waals surface area (Å²) in [7, 11) is 0. The number of nitrogens with one attached hydrogen (secondary N) is 1. The summed E-state index contributed by atoms with van der Waals surface area (Å²) in [4.78, 5) is 22.3. The first-order chi connectivity index (χ1) is 8.47. The number of rotatable bonds is 7. The standard InChI is InChI=1S/C13H24N2O3/c1-13(8-5-6-10(13)14)12(18)15-9-4-2-3-7-11(16)17/h10H,2-9,14H2,1H3,(H,15,18)(H,16,17). The molecule has 0 aromatic heterocycles. The average molecular weight is 256 g/mol. The predicted molar refractivity (Wildman–Crippen MR) is 69.0 cm³/mol. The van der Waals surface area contributed by atoms with Crippen molar-refractivity contribution in [3.05, 3.63) is 0 Å². The van der Waals surface area contributed by atoms with E-state index in [9.17, 15) is 9.59 Å². The zero-order valence-corrected chi connectivity index (χ0v) is 11.1. The number of carboxylic acid groups (broad SMARTS) is 1. The summed E-state index contributed by atoms with van der Waals surface area (Å²) < 4.78 is 0. The van der Waals surface area contributed by atoms with E-state index >= 15 is 0 Å². The summed E-state index contributed by atoms with van der Waals surface area (Å²) in [5, 5.41) is 11.4. The SMILES string of the molecule is CC1(C(=O)NCCCCCC(=O)O)CCCC1N. The molecule has 104 valence electrons. The molecule has 1 aliphatic carbocycles. The van der Waals surface area contributed by atoms with E-state index in [0.29, 0.717) is 13.0 Å². The lowest BCUT2D eigenvalue weighted by molar-refractivity contribution is -0.137. The minimum Gasteiger partial charge on any atom is -0.481 e. The Labute approximate surface area is 108 Å². The number of carbonyl (C=O) groups is 2. The fraction of sp³-hybridized carbons (Fsp3) is 0.846. The summed E-state index contributed by atoms with van der Waals surface area (Å²) in [6, 6.07) is -0.0375. The Morgan fingerprint density at radius 1 is 1.39 bits per heavy atom. The number of unbranched alkanes of at least 4 members (excludes halogenated alkanes) is 2. The Bertz CT molecular complexity index is 307. The number of carboxylic acids is 1. The monoisotopic (exact) mass is 256 g/mol. The molecule has 0 radical (unpaired) electrons. The maximum atomic E-state index is 12.0. The van der Waals surface area contributed by atoms with Gasteiger partial charge in [-0.1, -0.05) is 12.8 Å². The number of carbonyl (C=O) groups excluding carboxylic acids is 1. The van der Waals surface area contributed by atoms with Crippen LogP contribution in [0.3, 0.4) is 0 Å². The van der Waals surface area contributed by atoms with Gasteiger partial charge >= 0.3 is 5.97 Å². The predicted octanol–water partition coefficient (Wildman–Crippen LogP) is 1.27. The second kappa shape index (κ2) is 6.73. The van der Waals surface area contributed by atoms with Crippen molar-refractivity contribution in [3.8, 4) is 0 Å². The second-order valence-corrected chi connectivity index (χ2v) is 5.38. The molecule has 2 atom stereocenters. The van der Waals surface area contributed by atoms with Gasteiger partial charge in [-0.25, -0.2) is 0 Å². The maximum Gasteiger partial charge on any atom is 0.303 e. The van der Waals surface area contributed by atoms with E-state index in [1.807, 2.05) is 6.92 Å². The molecule has 0 spiro atoms. The van der Waals surface area contributed by atoms with E-state index in [0.717, 1.165) is 32.1 Å². The molecule has 1 aliphatic rings. The van der Waals surface area contributed by atoms with E-state index in [2.05, 4.69) is 5.32 Å². The Morgan fingerprint density at radius 3 is 2.67 bits per heavy atom. The minimum atomic E-state index is -0.761. The molecule has 18 heavy (non-hydrogen) atoms. The van der Waals surface area contributed by atoms with Crippen LogP contribution in [0.5, 0.6) is 0 Å². The zero-order chi connectivity index (χ0) is 13.6. The van der Waals surface area contributed by atoms with Crippen LogP contribution in [-0.2, 0) is 9.59 Å². The molecule has 1 amide bonds. The van der Waals surface area contributed by atoms with Gasteiger partial charge in [-0.05, 0) is 32.6 Å². The van der Waals surface area contributed by atoms with E-state index in [4.69, 9.17) is 10.8 Å². The van der Waals surface area contributed by atoms with Crippen molar-refractivity contribution in [1.82, 2.24) is 5.32 Å². The number of hydrogen-bond donors (Lipinski definition) is 3. The quantitative estimate of drug-likeness (QED) is 0.598. The molecular weight excluding hydrogens is 232 g/mol. The van der Waals surface area contributed by atoms with Gasteiger partial charge in [0, 0.05) is 19.0 Å². The highest BCUT2D eigenvalue weighted by Gasteiger charge is 2.42. The normalized spacial score (nSPS) is 27.1. The highest BCUT2D eigenvalue weighted by Crippen LogP contribution is 2.36. The lowest BCUT2D eigenvalue weighted by atomic mass is 9.84. The van der Waals surface area contributed by atoms with Gasteiger partial charge in [-0.2, -0.15) is 0 Å². The molecule has 5 nitrogen and oxygen atoms in total. The van der Waals surface area contributed by atoms with Crippen LogP contribution in [0.2, 0.25) is 0 Å². The second-order valence-electron chi connectivity index (χ2n) is 5.38. The summed E-state index contributed by atoms with van der Waals surface area (Å²) in [5.41, 5.74) is 5.56. The van der Waals surface area contributed by atoms with Crippen LogP contribution in [0, 0.1) is 5.41 Å². The highest BCUT2D eigenvalue weighted by molar-refractivity contribution is 5.83. The van der Waals surface area contributed by atoms with Gasteiger partial charge in [0.15, 0.2) is 0 Å². The van der Waals surface area contributed by atoms with E-state index in [1.165, 1.54) is 0 Å². The molecule has 5 heteroatoms. The third kappa shape index (κ3) is 3.98. The Hall–Kier alpha value is -1.10. The summed E-state index contributed by atoms with van der Waals surface area (Å²) in [6.07, 6.45) is 5.32. The molecule has 0 heterocycles. The maximum absolute atomic E-state index is 12.0. The molecule has 4 N–H and O–H groups in total. The van der Waals surface area contributed by atoms with Crippen molar-refractivity contribution in [3.63, 3.8) is 0 Å². The van der Waals surface area contributed by atoms with Crippen LogP contribution in [0.4, 0.5) is 0 Å². The fourth-order valence-corrected chi connectivity index (χ4v) is 2.46. The third-order valence-corrected chi connectivity index (χ3v) is 3.90. The first kappa shape index (κ1) is 15.0. The van der Waals surface area contributed by atoms with Gasteiger partial charge in [0.2, 0.25) is 5.91 Å². The number of hydrogen-bond acceptors (Lipinski definition) is 3. The van der Waals surface area contributed by atoms with Crippen LogP contribution in [-0.4, -0.2) is 29.6 Å². The topological polar surface area (TPSA) is 92.4 Å². The molecule has 1 rings (SSSR count). The molecule has 0 aliphatic heterocycles. The van der Waals surface area contributed by atoms with Gasteiger partial charge in [0.25, 0.3) is 0 Å². The summed E-state index contributed by atoms with van der Waals surface area (Å²) in [5.74, 6) is -0.714. The van der Waals surface area contributed by atoms with Gasteiger partial charge in [-0.3, -0.25) is 9.59 Å². The fourth-order valence-electron chi connectivity index (χ4n) is 2.46. The molecule has 0 saturated heterocycles. The van der Waals surface area contributed by atoms with Crippen molar-refractivity contribution in [2.24, 2.45) is 11.1 Å². The third-order valence-electron chi connectivity index (χ3n) is 3.90. The van der Waals surface area contributed by atoms with Gasteiger partial charge in [-0.15, -0.1) is 0 Å². The molecule has 0 aromatic carbocycles. The van der Waals surface area contributed by atoms with E-state index in [-0.39, 0.29) is 18.4 Å². The Kier molecular flexibility index (Phi) is 5.59. The highest BCUT2D eigenvalue weighted by atomic mass is 16.4. The van der Waals surface area contributed by atoms with Gasteiger partial charge in [0.1, 0.15) is 0 Å². The van der Waals surface area contributed by atoms with Crippen LogP contribution in [0.25, 0.3) is 0 Å². The number of aliphatic carboxylic acids is 1. The number of amides is 1. The lowest BCUT2D eigenvalue weighted by Crippen LogP contribution is -2.47. The van der Waals surface area contributed by atoms with Crippen molar-refractivity contribution in [2.75, 3.05) is 6.54 Å². The molecule has 1 fully saturated rings. The van der Waals surface area contributed by atoms with Crippen LogP contribution >= 0.6 is 0 Å². The van der Waals surface area contributed by atoms with Crippen LogP contribution in [0.1, 0.15) is 51.9 Å². The summed E-state index contributed by atoms with van der Waals surface area (Å²) >= 11 is 0. The first-order valence-corrected chi connectivity index (χ1v) is 6.72. The molecule has 1 saturated carbocycles. The van der Waals surface area contributed by atoms with Crippen molar-refractivity contribution in [2.45, 2.75) is 57.9 Å². The number of nitrogens with two attached hydrogens (primary N) is 1. The lowest BCUT2D eigenvalue weighted by Gasteiger charge is -2.27. The minimum absolute atomic E-state index is 0.0375. The molecule has 2 unspecified atom stereocenters.